The number of nitrogens with one attached hydrogen (secondary N) is 1. The van der Waals surface area contributed by atoms with Gasteiger partial charge in [-0.2, -0.15) is 0 Å². The average Bonchev–Trinajstić information content (AvgIpc) is 2.95. The first kappa shape index (κ1) is 12.2. The Morgan fingerprint density at radius 2 is 2.17 bits per heavy atom. The second kappa shape index (κ2) is 4.69. The van der Waals surface area contributed by atoms with Crippen molar-refractivity contribution in [2.24, 2.45) is 5.41 Å². The Kier molecular flexibility index (Phi) is 3.18. The van der Waals surface area contributed by atoms with E-state index in [4.69, 9.17) is 0 Å². The van der Waals surface area contributed by atoms with Crippen LogP contribution in [0.25, 0.3) is 0 Å². The minimum absolute atomic E-state index is 0.421. The third-order valence-corrected chi connectivity index (χ3v) is 4.90. The first-order valence-corrected chi connectivity index (χ1v) is 7.43. The molecule has 1 N–H and O–H groups in total. The highest BCUT2D eigenvalue weighted by atomic mass is 15.1. The molecule has 2 atom stereocenters. The van der Waals surface area contributed by atoms with Gasteiger partial charge in [-0.25, -0.2) is 4.98 Å². The van der Waals surface area contributed by atoms with Crippen LogP contribution in [-0.2, 0) is 0 Å². The molecule has 1 aliphatic heterocycles. The molecule has 0 bridgehead atoms. The maximum absolute atomic E-state index is 4.43. The predicted octanol–water partition coefficient (Wildman–Crippen LogP) is 3.45. The van der Waals surface area contributed by atoms with E-state index < -0.39 is 0 Å². The quantitative estimate of drug-likeness (QED) is 0.867. The average molecular weight is 247 g/mol. The van der Waals surface area contributed by atoms with Crippen molar-refractivity contribution < 1.29 is 0 Å². The molecule has 1 saturated heterocycles. The van der Waals surface area contributed by atoms with Gasteiger partial charge >= 0.3 is 0 Å². The summed E-state index contributed by atoms with van der Waals surface area (Å²) in [6.07, 6.45) is 12.1. The van der Waals surface area contributed by atoms with Gasteiger partial charge in [-0.05, 0) is 37.6 Å². The molecule has 1 aromatic rings. The van der Waals surface area contributed by atoms with Crippen LogP contribution in [0.1, 0.15) is 70.2 Å². The van der Waals surface area contributed by atoms with Crippen LogP contribution in [0, 0.1) is 5.41 Å². The number of rotatable bonds is 2. The largest absolute Gasteiger partial charge is 0.330 e. The van der Waals surface area contributed by atoms with Gasteiger partial charge in [0.25, 0.3) is 0 Å². The van der Waals surface area contributed by atoms with E-state index in [9.17, 15) is 0 Å². The van der Waals surface area contributed by atoms with Crippen LogP contribution in [-0.4, -0.2) is 16.1 Å². The first-order valence-electron chi connectivity index (χ1n) is 7.43. The standard InChI is InChI=1S/C15H25N3/c1-15(2)8-5-7-14(15)18-11-16-10-13(18)12-6-3-4-9-17-12/h10-12,14,17H,3-9H2,1-2H3. The summed E-state index contributed by atoms with van der Waals surface area (Å²) in [6.45, 7) is 5.97. The van der Waals surface area contributed by atoms with Crippen molar-refractivity contribution in [2.75, 3.05) is 6.54 Å². The second-order valence-corrected chi connectivity index (χ2v) is 6.62. The molecule has 1 aliphatic carbocycles. The zero-order chi connectivity index (χ0) is 12.6. The van der Waals surface area contributed by atoms with Crippen LogP contribution < -0.4 is 5.32 Å². The van der Waals surface area contributed by atoms with E-state index in [0.717, 1.165) is 6.54 Å². The fourth-order valence-electron chi connectivity index (χ4n) is 3.77. The van der Waals surface area contributed by atoms with Gasteiger partial charge in [-0.15, -0.1) is 0 Å². The van der Waals surface area contributed by atoms with E-state index in [0.29, 0.717) is 17.5 Å². The van der Waals surface area contributed by atoms with Gasteiger partial charge in [0.2, 0.25) is 0 Å². The van der Waals surface area contributed by atoms with Crippen LogP contribution in [0.2, 0.25) is 0 Å². The Labute approximate surface area is 110 Å². The maximum Gasteiger partial charge on any atom is 0.0951 e. The predicted molar refractivity (Wildman–Crippen MR) is 73.5 cm³/mol. The molecule has 3 rings (SSSR count). The molecule has 3 heteroatoms. The van der Waals surface area contributed by atoms with Crippen molar-refractivity contribution >= 4 is 0 Å². The fourth-order valence-corrected chi connectivity index (χ4v) is 3.77. The van der Waals surface area contributed by atoms with Crippen molar-refractivity contribution in [1.29, 1.82) is 0 Å². The van der Waals surface area contributed by atoms with Crippen molar-refractivity contribution in [1.82, 2.24) is 14.9 Å². The molecule has 100 valence electrons. The van der Waals surface area contributed by atoms with Crippen molar-refractivity contribution in [3.63, 3.8) is 0 Å². The zero-order valence-electron chi connectivity index (χ0n) is 11.7. The third-order valence-electron chi connectivity index (χ3n) is 4.90. The monoisotopic (exact) mass is 247 g/mol. The number of imidazole rings is 1. The molecular formula is C15H25N3. The van der Waals surface area contributed by atoms with Gasteiger partial charge in [0.15, 0.2) is 0 Å². The molecule has 2 fully saturated rings. The number of aromatic nitrogens is 2. The highest BCUT2D eigenvalue weighted by Gasteiger charge is 2.37. The summed E-state index contributed by atoms with van der Waals surface area (Å²) in [4.78, 5) is 4.43. The van der Waals surface area contributed by atoms with Gasteiger partial charge in [0.1, 0.15) is 0 Å². The molecule has 0 aromatic carbocycles. The van der Waals surface area contributed by atoms with Crippen LogP contribution in [0.5, 0.6) is 0 Å². The zero-order valence-corrected chi connectivity index (χ0v) is 11.7. The lowest BCUT2D eigenvalue weighted by molar-refractivity contribution is 0.248. The number of hydrogen-bond donors (Lipinski definition) is 1. The lowest BCUT2D eigenvalue weighted by Gasteiger charge is -2.32. The van der Waals surface area contributed by atoms with Gasteiger partial charge < -0.3 is 9.88 Å². The molecule has 2 aliphatic rings. The number of hydrogen-bond acceptors (Lipinski definition) is 2. The summed E-state index contributed by atoms with van der Waals surface area (Å²) in [5, 5.41) is 3.65. The maximum atomic E-state index is 4.43. The van der Waals surface area contributed by atoms with Crippen molar-refractivity contribution in [3.8, 4) is 0 Å². The highest BCUT2D eigenvalue weighted by molar-refractivity contribution is 5.10. The van der Waals surface area contributed by atoms with E-state index in [1.165, 1.54) is 44.2 Å². The van der Waals surface area contributed by atoms with E-state index in [1.807, 2.05) is 0 Å². The summed E-state index contributed by atoms with van der Waals surface area (Å²) >= 11 is 0. The molecule has 3 nitrogen and oxygen atoms in total. The molecular weight excluding hydrogens is 222 g/mol. The number of piperidine rings is 1. The minimum Gasteiger partial charge on any atom is -0.330 e. The summed E-state index contributed by atoms with van der Waals surface area (Å²) < 4.78 is 2.47. The van der Waals surface area contributed by atoms with E-state index in [-0.39, 0.29) is 0 Å². The Hall–Kier alpha value is -0.830. The van der Waals surface area contributed by atoms with E-state index >= 15 is 0 Å². The lowest BCUT2D eigenvalue weighted by atomic mass is 9.87. The van der Waals surface area contributed by atoms with E-state index in [2.05, 4.69) is 41.2 Å². The van der Waals surface area contributed by atoms with E-state index in [1.54, 1.807) is 0 Å². The summed E-state index contributed by atoms with van der Waals surface area (Å²) in [6, 6.07) is 1.16. The second-order valence-electron chi connectivity index (χ2n) is 6.62. The molecule has 18 heavy (non-hydrogen) atoms. The Balaban J connectivity index is 1.86. The van der Waals surface area contributed by atoms with Crippen LogP contribution >= 0.6 is 0 Å². The fraction of sp³-hybridized carbons (Fsp3) is 0.800. The lowest BCUT2D eigenvalue weighted by Crippen LogP contribution is -2.31. The number of nitrogens with zero attached hydrogens (tertiary/aromatic N) is 2. The van der Waals surface area contributed by atoms with Crippen LogP contribution in [0.15, 0.2) is 12.5 Å². The normalized spacial score (nSPS) is 31.7. The SMILES string of the molecule is CC1(C)CCCC1n1cncc1C1CCCCN1. The van der Waals surface area contributed by atoms with Gasteiger partial charge in [0, 0.05) is 18.3 Å². The van der Waals surface area contributed by atoms with Crippen LogP contribution in [0.4, 0.5) is 0 Å². The van der Waals surface area contributed by atoms with Crippen molar-refractivity contribution in [2.45, 2.75) is 64.5 Å². The Morgan fingerprint density at radius 3 is 2.83 bits per heavy atom. The minimum atomic E-state index is 0.421. The highest BCUT2D eigenvalue weighted by Crippen LogP contribution is 2.46. The molecule has 2 unspecified atom stereocenters. The topological polar surface area (TPSA) is 29.9 Å². The van der Waals surface area contributed by atoms with Gasteiger partial charge in [-0.3, -0.25) is 0 Å². The molecule has 0 spiro atoms. The van der Waals surface area contributed by atoms with Gasteiger partial charge in [-0.1, -0.05) is 26.7 Å². The Bertz CT molecular complexity index is 402. The smallest absolute Gasteiger partial charge is 0.0951 e. The molecule has 0 radical (unpaired) electrons. The Morgan fingerprint density at radius 1 is 1.28 bits per heavy atom. The first-order chi connectivity index (χ1) is 8.68. The summed E-state index contributed by atoms with van der Waals surface area (Å²) in [5.41, 5.74) is 1.83. The van der Waals surface area contributed by atoms with Gasteiger partial charge in [0.05, 0.1) is 12.0 Å². The molecule has 0 amide bonds. The molecule has 1 saturated carbocycles. The summed E-state index contributed by atoms with van der Waals surface area (Å²) in [5.74, 6) is 0. The summed E-state index contributed by atoms with van der Waals surface area (Å²) in [7, 11) is 0. The molecule has 2 heterocycles. The molecule has 1 aromatic heterocycles. The van der Waals surface area contributed by atoms with Crippen LogP contribution in [0.3, 0.4) is 0 Å². The third kappa shape index (κ3) is 2.09. The van der Waals surface area contributed by atoms with Crippen molar-refractivity contribution in [3.05, 3.63) is 18.2 Å².